The average Bonchev–Trinajstić information content (AvgIpc) is 3.24. The van der Waals surface area contributed by atoms with Gasteiger partial charge in [-0.05, 0) is 122 Å². The molecule has 0 unspecified atom stereocenters. The molecule has 7 rings (SSSR count). The minimum Gasteiger partial charge on any atom is -0.488 e. The van der Waals surface area contributed by atoms with Gasteiger partial charge in [-0.3, -0.25) is 15.0 Å². The second-order valence-corrected chi connectivity index (χ2v) is 19.5. The molecule has 4 heterocycles. The molecule has 63 heavy (non-hydrogen) atoms. The van der Waals surface area contributed by atoms with Gasteiger partial charge in [0.15, 0.2) is 0 Å². The van der Waals surface area contributed by atoms with Crippen molar-refractivity contribution in [3.05, 3.63) is 177 Å². The molecule has 3 aromatic heterocycles. The Kier molecular flexibility index (Phi) is 14.3. The van der Waals surface area contributed by atoms with E-state index in [1.807, 2.05) is 36.4 Å². The first-order valence-electron chi connectivity index (χ1n) is 21.9. The van der Waals surface area contributed by atoms with Crippen LogP contribution in [0.2, 0.25) is 0 Å². The molecule has 3 aromatic carbocycles. The molecule has 0 radical (unpaired) electrons. The van der Waals surface area contributed by atoms with Crippen molar-refractivity contribution in [2.24, 2.45) is 0 Å². The van der Waals surface area contributed by atoms with E-state index in [1.54, 1.807) is 37.2 Å². The van der Waals surface area contributed by atoms with Crippen molar-refractivity contribution in [3.63, 3.8) is 0 Å². The van der Waals surface area contributed by atoms with Crippen LogP contribution in [0.5, 0.6) is 17.2 Å². The van der Waals surface area contributed by atoms with Crippen molar-refractivity contribution in [3.8, 4) is 17.2 Å². The number of hydrogen-bond acceptors (Lipinski definition) is 9. The Morgan fingerprint density at radius 1 is 0.365 bits per heavy atom. The van der Waals surface area contributed by atoms with Gasteiger partial charge < -0.3 is 28.4 Å². The topological polar surface area (TPSA) is 94.1 Å². The molecule has 0 N–H and O–H groups in total. The third-order valence-corrected chi connectivity index (χ3v) is 11.3. The molecule has 0 saturated carbocycles. The van der Waals surface area contributed by atoms with Crippen LogP contribution in [0.15, 0.2) is 110 Å². The standard InChI is InChI=1S/C54H63N3O6/c1-52(2,3)46-22-40-31-58-33-42-24-47(53(4,5)6)26-44(50(42)62-29-38-12-18-56-19-13-38)35-60-36-45-27-48(54(7,8)9)25-43(51(45)63-30-39-14-20-57-21-15-39)34-59-32-41(23-46)49(40)61-28-37-10-16-55-17-11-37/h10-27H,28-36H2,1-9H3. The normalized spacial score (nSPS) is 14.0. The van der Waals surface area contributed by atoms with Gasteiger partial charge >= 0.3 is 0 Å². The van der Waals surface area contributed by atoms with E-state index in [0.717, 1.165) is 67.3 Å². The van der Waals surface area contributed by atoms with Crippen LogP contribution in [0, 0.1) is 0 Å². The van der Waals surface area contributed by atoms with Gasteiger partial charge in [0.1, 0.15) is 37.1 Å². The maximum Gasteiger partial charge on any atom is 0.130 e. The van der Waals surface area contributed by atoms with E-state index in [-0.39, 0.29) is 16.2 Å². The van der Waals surface area contributed by atoms with Crippen molar-refractivity contribution in [2.45, 2.75) is 138 Å². The zero-order chi connectivity index (χ0) is 44.6. The largest absolute Gasteiger partial charge is 0.488 e. The number of benzene rings is 3. The number of ether oxygens (including phenoxy) is 6. The summed E-state index contributed by atoms with van der Waals surface area (Å²) in [5.74, 6) is 2.27. The highest BCUT2D eigenvalue weighted by Crippen LogP contribution is 2.39. The zero-order valence-corrected chi connectivity index (χ0v) is 38.5. The molecule has 1 aliphatic heterocycles. The molecule has 6 aromatic rings. The summed E-state index contributed by atoms with van der Waals surface area (Å²) in [6, 6.07) is 25.2. The van der Waals surface area contributed by atoms with E-state index in [0.29, 0.717) is 59.5 Å². The highest BCUT2D eigenvalue weighted by Gasteiger charge is 2.25. The summed E-state index contributed by atoms with van der Waals surface area (Å²) in [5, 5.41) is 0. The minimum atomic E-state index is -0.155. The molecule has 9 nitrogen and oxygen atoms in total. The van der Waals surface area contributed by atoms with Crippen LogP contribution in [-0.4, -0.2) is 15.0 Å². The van der Waals surface area contributed by atoms with Crippen LogP contribution in [0.1, 0.15) is 129 Å². The first kappa shape index (κ1) is 45.4. The van der Waals surface area contributed by atoms with Gasteiger partial charge in [0.05, 0.1) is 39.6 Å². The van der Waals surface area contributed by atoms with Crippen molar-refractivity contribution in [2.75, 3.05) is 0 Å². The summed E-state index contributed by atoms with van der Waals surface area (Å²) >= 11 is 0. The van der Waals surface area contributed by atoms with Crippen LogP contribution >= 0.6 is 0 Å². The number of hydrogen-bond donors (Lipinski definition) is 0. The summed E-state index contributed by atoms with van der Waals surface area (Å²) in [6.45, 7) is 23.0. The van der Waals surface area contributed by atoms with E-state index in [1.165, 1.54) is 16.7 Å². The first-order chi connectivity index (χ1) is 30.1. The summed E-state index contributed by atoms with van der Waals surface area (Å²) in [5.41, 5.74) is 11.8. The van der Waals surface area contributed by atoms with Crippen molar-refractivity contribution in [1.82, 2.24) is 15.0 Å². The molecule has 1 aliphatic rings. The van der Waals surface area contributed by atoms with E-state index >= 15 is 0 Å². The van der Waals surface area contributed by atoms with E-state index in [2.05, 4.69) is 114 Å². The second kappa shape index (κ2) is 19.8. The quantitative estimate of drug-likeness (QED) is 0.141. The molecule has 9 heteroatoms. The maximum absolute atomic E-state index is 6.78. The lowest BCUT2D eigenvalue weighted by molar-refractivity contribution is 0.0894. The Labute approximate surface area is 374 Å². The van der Waals surface area contributed by atoms with Gasteiger partial charge in [0, 0.05) is 70.6 Å². The highest BCUT2D eigenvalue weighted by atomic mass is 16.5. The van der Waals surface area contributed by atoms with Gasteiger partial charge in [-0.2, -0.15) is 0 Å². The van der Waals surface area contributed by atoms with Crippen molar-refractivity contribution < 1.29 is 28.4 Å². The molecule has 0 saturated heterocycles. The predicted octanol–water partition coefficient (Wildman–Crippen LogP) is 12.0. The second-order valence-electron chi connectivity index (χ2n) is 19.5. The molecule has 0 amide bonds. The number of aromatic nitrogens is 3. The van der Waals surface area contributed by atoms with Gasteiger partial charge in [0.2, 0.25) is 0 Å². The van der Waals surface area contributed by atoms with Crippen LogP contribution in [0.4, 0.5) is 0 Å². The maximum atomic E-state index is 6.78. The fraction of sp³-hybridized carbons (Fsp3) is 0.389. The van der Waals surface area contributed by atoms with E-state index < -0.39 is 0 Å². The first-order valence-corrected chi connectivity index (χ1v) is 21.9. The fourth-order valence-electron chi connectivity index (χ4n) is 7.48. The summed E-state index contributed by atoms with van der Waals surface area (Å²) < 4.78 is 40.6. The molecule has 6 bridgehead atoms. The minimum absolute atomic E-state index is 0.155. The van der Waals surface area contributed by atoms with Gasteiger partial charge in [-0.15, -0.1) is 0 Å². The number of pyridine rings is 3. The average molecular weight is 850 g/mol. The van der Waals surface area contributed by atoms with Crippen LogP contribution in [0.25, 0.3) is 0 Å². The van der Waals surface area contributed by atoms with Gasteiger partial charge in [-0.1, -0.05) is 62.3 Å². The number of nitrogens with zero attached hydrogens (tertiary/aromatic N) is 3. The van der Waals surface area contributed by atoms with Crippen LogP contribution in [0.3, 0.4) is 0 Å². The predicted molar refractivity (Wildman–Crippen MR) is 247 cm³/mol. The number of rotatable bonds is 9. The van der Waals surface area contributed by atoms with Gasteiger partial charge in [-0.25, -0.2) is 0 Å². The Balaban J connectivity index is 1.38. The molecule has 0 fully saturated rings. The summed E-state index contributed by atoms with van der Waals surface area (Å²) in [7, 11) is 0. The monoisotopic (exact) mass is 849 g/mol. The zero-order valence-electron chi connectivity index (χ0n) is 38.5. The van der Waals surface area contributed by atoms with E-state index in [4.69, 9.17) is 28.4 Å². The fourth-order valence-corrected chi connectivity index (χ4v) is 7.48. The third kappa shape index (κ3) is 12.1. The number of fused-ring (bicyclic) bond motifs is 6. The SMILES string of the molecule is CC(C)(C)c1cc2c(OCc3ccncc3)c(c1)COCc1cc(C(C)(C)C)cc(c1OCc1ccncc1)COCc1cc(C(C)(C)C)cc(c1OCc1ccncc1)COC2. The Bertz CT molecular complexity index is 2090. The van der Waals surface area contributed by atoms with Crippen molar-refractivity contribution in [1.29, 1.82) is 0 Å². The smallest absolute Gasteiger partial charge is 0.130 e. The molecule has 0 atom stereocenters. The lowest BCUT2D eigenvalue weighted by Crippen LogP contribution is -2.16. The molecule has 330 valence electrons. The molecule has 0 aliphatic carbocycles. The Hall–Kier alpha value is -5.61. The molecular formula is C54H63N3O6. The van der Waals surface area contributed by atoms with Crippen LogP contribution in [-0.2, 0) is 89.9 Å². The summed E-state index contributed by atoms with van der Waals surface area (Å²) in [4.78, 5) is 12.7. The lowest BCUT2D eigenvalue weighted by Gasteiger charge is -2.27. The molecular weight excluding hydrogens is 787 g/mol. The Morgan fingerprint density at radius 2 is 0.571 bits per heavy atom. The molecule has 0 spiro atoms. The van der Waals surface area contributed by atoms with Crippen molar-refractivity contribution >= 4 is 0 Å². The summed E-state index contributed by atoms with van der Waals surface area (Å²) in [6.07, 6.45) is 10.7. The van der Waals surface area contributed by atoms with E-state index in [9.17, 15) is 0 Å². The highest BCUT2D eigenvalue weighted by molar-refractivity contribution is 5.49. The van der Waals surface area contributed by atoms with Crippen LogP contribution < -0.4 is 14.2 Å². The van der Waals surface area contributed by atoms with Gasteiger partial charge in [0.25, 0.3) is 0 Å². The Morgan fingerprint density at radius 3 is 0.762 bits per heavy atom. The third-order valence-electron chi connectivity index (χ3n) is 11.3. The lowest BCUT2D eigenvalue weighted by atomic mass is 9.84.